The smallest absolute Gasteiger partial charge is 0.314 e. The predicted molar refractivity (Wildman–Crippen MR) is 62.6 cm³/mol. The second kappa shape index (κ2) is 4.19. The van der Waals surface area contributed by atoms with E-state index in [4.69, 9.17) is 9.47 Å². The summed E-state index contributed by atoms with van der Waals surface area (Å²) in [6.07, 6.45) is 0. The van der Waals surface area contributed by atoms with E-state index in [1.54, 1.807) is 0 Å². The van der Waals surface area contributed by atoms with E-state index in [-0.39, 0.29) is 12.9 Å². The van der Waals surface area contributed by atoms with Gasteiger partial charge in [-0.05, 0) is 27.7 Å². The van der Waals surface area contributed by atoms with Gasteiger partial charge in [-0.15, -0.1) is 0 Å². The van der Waals surface area contributed by atoms with Crippen LogP contribution in [0.2, 0.25) is 0 Å². The highest BCUT2D eigenvalue weighted by Gasteiger charge is 2.90. The van der Waals surface area contributed by atoms with E-state index in [0.717, 1.165) is 13.8 Å². The average Bonchev–Trinajstić information content (AvgIpc) is 2.35. The van der Waals surface area contributed by atoms with Crippen LogP contribution in [-0.4, -0.2) is 46.3 Å². The molecule has 4 atom stereocenters. The molecule has 1 rings (SSSR count). The first-order valence-corrected chi connectivity index (χ1v) is 5.71. The Morgan fingerprint density at radius 1 is 0.800 bits per heavy atom. The molecule has 0 saturated heterocycles. The number of carbonyl (C=O) groups is 4. The van der Waals surface area contributed by atoms with Gasteiger partial charge in [0, 0.05) is 0 Å². The topological polar surface area (TPSA) is 127 Å². The van der Waals surface area contributed by atoms with Gasteiger partial charge in [0.1, 0.15) is 10.8 Å². The summed E-state index contributed by atoms with van der Waals surface area (Å²) in [6.45, 7) is 4.75. The lowest BCUT2D eigenvalue weighted by Gasteiger charge is -2.70. The molecular weight excluding hydrogens is 272 g/mol. The Kier molecular flexibility index (Phi) is 3.34. The van der Waals surface area contributed by atoms with E-state index in [9.17, 15) is 29.4 Å². The Balaban J connectivity index is 3.65. The molecule has 8 heteroatoms. The minimum Gasteiger partial charge on any atom is -0.481 e. The van der Waals surface area contributed by atoms with Crippen LogP contribution in [0.25, 0.3) is 0 Å². The zero-order valence-electron chi connectivity index (χ0n) is 11.5. The second-order valence-electron chi connectivity index (χ2n) is 5.35. The molecule has 1 saturated carbocycles. The number of aliphatic carboxylic acids is 2. The number of rotatable bonds is 6. The number of hydrogen-bond donors (Lipinski definition) is 2. The summed E-state index contributed by atoms with van der Waals surface area (Å²) in [7, 11) is 0. The van der Waals surface area contributed by atoms with Gasteiger partial charge in [-0.3, -0.25) is 19.2 Å². The molecule has 0 heterocycles. The molecular formula is C12H16O8. The van der Waals surface area contributed by atoms with Crippen LogP contribution in [0.15, 0.2) is 0 Å². The highest BCUT2D eigenvalue weighted by atomic mass is 16.6. The summed E-state index contributed by atoms with van der Waals surface area (Å²) < 4.78 is 9.69. The van der Waals surface area contributed by atoms with Crippen molar-refractivity contribution in [3.63, 3.8) is 0 Å². The predicted octanol–water partition coefficient (Wildman–Crippen LogP) is 0.0452. The maximum Gasteiger partial charge on any atom is 0.314 e. The van der Waals surface area contributed by atoms with Crippen LogP contribution in [0.1, 0.15) is 27.7 Å². The molecule has 0 aromatic rings. The molecule has 0 radical (unpaired) electrons. The minimum atomic E-state index is -1.98. The standard InChI is InChI=1S/C12H16O8/c1-9(7(15)16)10(2,8(17)18)12(4,20-6-14)11(9,3)19-5-13/h5-6H,1-4H3,(H,15,16)(H,17,18). The first kappa shape index (κ1) is 15.9. The van der Waals surface area contributed by atoms with Gasteiger partial charge in [0.05, 0.1) is 0 Å². The maximum atomic E-state index is 11.6. The van der Waals surface area contributed by atoms with Crippen molar-refractivity contribution < 1.29 is 38.9 Å². The molecule has 8 nitrogen and oxygen atoms in total. The third-order valence-corrected chi connectivity index (χ3v) is 5.24. The first-order valence-electron chi connectivity index (χ1n) is 5.71. The lowest BCUT2D eigenvalue weighted by molar-refractivity contribution is -0.354. The summed E-state index contributed by atoms with van der Waals surface area (Å²) in [4.78, 5) is 44.6. The molecule has 20 heavy (non-hydrogen) atoms. The van der Waals surface area contributed by atoms with E-state index in [2.05, 4.69) is 0 Å². The number of ether oxygens (including phenoxy) is 2. The van der Waals surface area contributed by atoms with Gasteiger partial charge < -0.3 is 19.7 Å². The third-order valence-electron chi connectivity index (χ3n) is 5.24. The van der Waals surface area contributed by atoms with Gasteiger partial charge >= 0.3 is 11.9 Å². The van der Waals surface area contributed by atoms with E-state index in [0.29, 0.717) is 0 Å². The third kappa shape index (κ3) is 1.21. The Morgan fingerprint density at radius 2 is 1.05 bits per heavy atom. The number of carbonyl (C=O) groups excluding carboxylic acids is 2. The monoisotopic (exact) mass is 288 g/mol. The number of hydrogen-bond acceptors (Lipinski definition) is 6. The molecule has 0 amide bonds. The zero-order chi connectivity index (χ0) is 16.0. The molecule has 1 aliphatic carbocycles. The SMILES string of the molecule is CC1(OC=O)C(C)(OC=O)C(C)(C(=O)O)C1(C)C(=O)O. The highest BCUT2D eigenvalue weighted by Crippen LogP contribution is 2.71. The van der Waals surface area contributed by atoms with Gasteiger partial charge in [-0.2, -0.15) is 0 Å². The van der Waals surface area contributed by atoms with Crippen LogP contribution in [0.5, 0.6) is 0 Å². The van der Waals surface area contributed by atoms with E-state index < -0.39 is 34.0 Å². The van der Waals surface area contributed by atoms with Crippen molar-refractivity contribution in [3.8, 4) is 0 Å². The minimum absolute atomic E-state index is 0.00896. The summed E-state index contributed by atoms with van der Waals surface area (Å²) in [5.74, 6) is -2.95. The van der Waals surface area contributed by atoms with Crippen LogP contribution in [0.3, 0.4) is 0 Å². The van der Waals surface area contributed by atoms with Crippen molar-refractivity contribution in [1.29, 1.82) is 0 Å². The number of carboxylic acid groups (broad SMARTS) is 2. The summed E-state index contributed by atoms with van der Waals surface area (Å²) in [5.41, 5.74) is -7.63. The molecule has 0 aromatic carbocycles. The van der Waals surface area contributed by atoms with E-state index in [1.165, 1.54) is 13.8 Å². The van der Waals surface area contributed by atoms with Crippen LogP contribution in [-0.2, 0) is 28.7 Å². The lowest BCUT2D eigenvalue weighted by Crippen LogP contribution is -2.89. The average molecular weight is 288 g/mol. The normalized spacial score (nSPS) is 43.0. The van der Waals surface area contributed by atoms with Crippen molar-refractivity contribution in [2.24, 2.45) is 10.8 Å². The second-order valence-corrected chi connectivity index (χ2v) is 5.35. The zero-order valence-corrected chi connectivity index (χ0v) is 11.5. The molecule has 1 aliphatic rings. The van der Waals surface area contributed by atoms with Crippen LogP contribution >= 0.6 is 0 Å². The number of carboxylic acids is 2. The van der Waals surface area contributed by atoms with Gasteiger partial charge in [-0.25, -0.2) is 0 Å². The van der Waals surface area contributed by atoms with E-state index in [1.807, 2.05) is 0 Å². The molecule has 112 valence electrons. The molecule has 4 unspecified atom stereocenters. The first-order chi connectivity index (χ1) is 9.01. The fraction of sp³-hybridized carbons (Fsp3) is 0.667. The van der Waals surface area contributed by atoms with Crippen LogP contribution in [0, 0.1) is 10.8 Å². The molecule has 1 fully saturated rings. The Hall–Kier alpha value is -2.12. The molecule has 2 N–H and O–H groups in total. The quantitative estimate of drug-likeness (QED) is 0.656. The molecule has 0 spiro atoms. The summed E-state index contributed by atoms with van der Waals surface area (Å²) in [6, 6.07) is 0. The fourth-order valence-electron chi connectivity index (χ4n) is 3.33. The van der Waals surface area contributed by atoms with Crippen molar-refractivity contribution >= 4 is 24.9 Å². The lowest BCUT2D eigenvalue weighted by atomic mass is 9.35. The molecule has 0 bridgehead atoms. The largest absolute Gasteiger partial charge is 0.481 e. The van der Waals surface area contributed by atoms with Gasteiger partial charge in [-0.1, -0.05) is 0 Å². The van der Waals surface area contributed by atoms with Crippen LogP contribution < -0.4 is 0 Å². The van der Waals surface area contributed by atoms with Crippen molar-refractivity contribution in [1.82, 2.24) is 0 Å². The molecule has 0 aliphatic heterocycles. The van der Waals surface area contributed by atoms with Crippen molar-refractivity contribution in [2.75, 3.05) is 0 Å². The molecule has 0 aromatic heterocycles. The summed E-state index contributed by atoms with van der Waals surface area (Å²) >= 11 is 0. The van der Waals surface area contributed by atoms with Crippen LogP contribution in [0.4, 0.5) is 0 Å². The van der Waals surface area contributed by atoms with Gasteiger partial charge in [0.15, 0.2) is 11.2 Å². The Bertz CT molecular complexity index is 444. The Labute approximate surface area is 114 Å². The van der Waals surface area contributed by atoms with Gasteiger partial charge in [0.2, 0.25) is 0 Å². The summed E-state index contributed by atoms with van der Waals surface area (Å²) in [5, 5.41) is 18.9. The van der Waals surface area contributed by atoms with E-state index >= 15 is 0 Å². The van der Waals surface area contributed by atoms with Crippen molar-refractivity contribution in [3.05, 3.63) is 0 Å². The fourth-order valence-corrected chi connectivity index (χ4v) is 3.33. The highest BCUT2D eigenvalue weighted by molar-refractivity contribution is 5.93. The maximum absolute atomic E-state index is 11.6. The van der Waals surface area contributed by atoms with Crippen molar-refractivity contribution in [2.45, 2.75) is 38.9 Å². The van der Waals surface area contributed by atoms with Gasteiger partial charge in [0.25, 0.3) is 12.9 Å². The Morgan fingerprint density at radius 3 is 1.20 bits per heavy atom.